The quantitative estimate of drug-likeness (QED) is 0.535. The number of anilines is 1. The number of hydrogen-bond acceptors (Lipinski definition) is 3. The van der Waals surface area contributed by atoms with Crippen molar-refractivity contribution in [2.45, 2.75) is 0 Å². The number of carbonyl (C=O) groups excluding carboxylic acids is 1. The molecule has 4 aromatic rings. The molecule has 1 amide bonds. The molecule has 0 aliphatic heterocycles. The average Bonchev–Trinajstić information content (AvgIpc) is 2.93. The van der Waals surface area contributed by atoms with Gasteiger partial charge in [-0.15, -0.1) is 11.3 Å². The monoisotopic (exact) mass is 338 g/mol. The third-order valence-corrected chi connectivity index (χ3v) is 5.31. The average molecular weight is 339 g/mol. The van der Waals surface area contributed by atoms with Crippen molar-refractivity contribution in [3.05, 3.63) is 70.7 Å². The number of nitrogens with one attached hydrogen (secondary N) is 1. The predicted octanol–water partition coefficient (Wildman–Crippen LogP) is 5.36. The highest BCUT2D eigenvalue weighted by Gasteiger charge is 2.17. The second-order valence-electron chi connectivity index (χ2n) is 5.07. The van der Waals surface area contributed by atoms with Crippen LogP contribution in [0.3, 0.4) is 0 Å². The van der Waals surface area contributed by atoms with Crippen LogP contribution in [0.5, 0.6) is 0 Å². The maximum atomic E-state index is 12.6. The van der Waals surface area contributed by atoms with Crippen molar-refractivity contribution in [2.24, 2.45) is 0 Å². The van der Waals surface area contributed by atoms with Crippen LogP contribution in [0, 0.1) is 0 Å². The fraction of sp³-hybridized carbons (Fsp3) is 0. The van der Waals surface area contributed by atoms with Gasteiger partial charge in [0.25, 0.3) is 5.91 Å². The number of pyridine rings is 1. The highest BCUT2D eigenvalue weighted by molar-refractivity contribution is 7.21. The number of fused-ring (bicyclic) bond motifs is 2. The minimum Gasteiger partial charge on any atom is -0.321 e. The lowest BCUT2D eigenvalue weighted by atomic mass is 10.2. The van der Waals surface area contributed by atoms with Gasteiger partial charge in [-0.05, 0) is 30.3 Å². The van der Waals surface area contributed by atoms with Crippen molar-refractivity contribution in [3.8, 4) is 0 Å². The van der Waals surface area contributed by atoms with E-state index in [1.54, 1.807) is 6.20 Å². The molecule has 4 rings (SSSR count). The van der Waals surface area contributed by atoms with Gasteiger partial charge >= 0.3 is 0 Å². The van der Waals surface area contributed by atoms with Gasteiger partial charge in [-0.3, -0.25) is 9.78 Å². The van der Waals surface area contributed by atoms with E-state index in [4.69, 9.17) is 11.6 Å². The maximum absolute atomic E-state index is 12.6. The molecule has 0 atom stereocenters. The molecule has 0 saturated carbocycles. The molecule has 1 N–H and O–H groups in total. The molecule has 0 spiro atoms. The standard InChI is InChI=1S/C18H11ClN2OS/c19-16-12-5-1-2-9-15(12)23-17(16)18(22)21-14-8-3-7-13-11(14)6-4-10-20-13/h1-10H,(H,21,22). The summed E-state index contributed by atoms with van der Waals surface area (Å²) in [6.45, 7) is 0. The first-order valence-corrected chi connectivity index (χ1v) is 8.25. The summed E-state index contributed by atoms with van der Waals surface area (Å²) in [4.78, 5) is 17.5. The normalized spacial score (nSPS) is 11.0. The van der Waals surface area contributed by atoms with Crippen LogP contribution in [0.1, 0.15) is 9.67 Å². The molecule has 23 heavy (non-hydrogen) atoms. The number of amides is 1. The van der Waals surface area contributed by atoms with Gasteiger partial charge in [0, 0.05) is 21.7 Å². The SMILES string of the molecule is O=C(Nc1cccc2ncccc12)c1sc2ccccc2c1Cl. The molecule has 0 bridgehead atoms. The molecular formula is C18H11ClN2OS. The summed E-state index contributed by atoms with van der Waals surface area (Å²) in [5.41, 5.74) is 1.57. The summed E-state index contributed by atoms with van der Waals surface area (Å²) >= 11 is 7.77. The number of aromatic nitrogens is 1. The van der Waals surface area contributed by atoms with Crippen LogP contribution in [0.4, 0.5) is 5.69 Å². The first kappa shape index (κ1) is 14.2. The van der Waals surface area contributed by atoms with Crippen molar-refractivity contribution < 1.29 is 4.79 Å². The fourth-order valence-electron chi connectivity index (χ4n) is 2.55. The van der Waals surface area contributed by atoms with Crippen LogP contribution < -0.4 is 5.32 Å². The molecule has 2 heterocycles. The lowest BCUT2D eigenvalue weighted by Crippen LogP contribution is -2.11. The Bertz CT molecular complexity index is 1040. The van der Waals surface area contributed by atoms with Crippen LogP contribution in [0.2, 0.25) is 5.02 Å². The van der Waals surface area contributed by atoms with Crippen molar-refractivity contribution in [3.63, 3.8) is 0 Å². The Balaban J connectivity index is 1.75. The van der Waals surface area contributed by atoms with Crippen molar-refractivity contribution >= 4 is 55.5 Å². The van der Waals surface area contributed by atoms with Gasteiger partial charge in [-0.25, -0.2) is 0 Å². The number of thiophene rings is 1. The van der Waals surface area contributed by atoms with Gasteiger partial charge < -0.3 is 5.32 Å². The predicted molar refractivity (Wildman–Crippen MR) is 96.5 cm³/mol. The summed E-state index contributed by atoms with van der Waals surface area (Å²) in [7, 11) is 0. The molecular weight excluding hydrogens is 328 g/mol. The van der Waals surface area contributed by atoms with Gasteiger partial charge in [-0.2, -0.15) is 0 Å². The Morgan fingerprint density at radius 3 is 2.70 bits per heavy atom. The Morgan fingerprint density at radius 1 is 1.00 bits per heavy atom. The summed E-state index contributed by atoms with van der Waals surface area (Å²) in [5.74, 6) is -0.201. The molecule has 0 aliphatic rings. The molecule has 0 saturated heterocycles. The Hall–Kier alpha value is -2.43. The summed E-state index contributed by atoms with van der Waals surface area (Å²) < 4.78 is 1.00. The first-order valence-electron chi connectivity index (χ1n) is 7.06. The van der Waals surface area contributed by atoms with E-state index in [2.05, 4.69) is 10.3 Å². The molecule has 0 fully saturated rings. The zero-order chi connectivity index (χ0) is 15.8. The molecule has 2 aromatic heterocycles. The van der Waals surface area contributed by atoms with Gasteiger partial charge in [0.2, 0.25) is 0 Å². The van der Waals surface area contributed by atoms with Gasteiger partial charge in [0.1, 0.15) is 4.88 Å². The van der Waals surface area contributed by atoms with Gasteiger partial charge in [0.15, 0.2) is 0 Å². The molecule has 3 nitrogen and oxygen atoms in total. The lowest BCUT2D eigenvalue weighted by Gasteiger charge is -2.07. The Morgan fingerprint density at radius 2 is 1.83 bits per heavy atom. The topological polar surface area (TPSA) is 42.0 Å². The third kappa shape index (κ3) is 2.46. The molecule has 112 valence electrons. The van der Waals surface area contributed by atoms with Crippen LogP contribution in [-0.2, 0) is 0 Å². The Labute approximate surface area is 141 Å². The number of benzene rings is 2. The zero-order valence-electron chi connectivity index (χ0n) is 11.9. The number of rotatable bonds is 2. The van der Waals surface area contributed by atoms with E-state index in [1.807, 2.05) is 54.6 Å². The van der Waals surface area contributed by atoms with Crippen LogP contribution in [0.25, 0.3) is 21.0 Å². The van der Waals surface area contributed by atoms with Gasteiger partial charge in [0.05, 0.1) is 16.2 Å². The summed E-state index contributed by atoms with van der Waals surface area (Å²) in [5, 5.41) is 5.26. The van der Waals surface area contributed by atoms with Crippen LogP contribution in [0.15, 0.2) is 60.8 Å². The number of nitrogens with zero attached hydrogens (tertiary/aromatic N) is 1. The van der Waals surface area contributed by atoms with Gasteiger partial charge in [-0.1, -0.05) is 35.9 Å². The molecule has 0 aliphatic carbocycles. The van der Waals surface area contributed by atoms with E-state index in [-0.39, 0.29) is 5.91 Å². The maximum Gasteiger partial charge on any atom is 0.267 e. The molecule has 0 unspecified atom stereocenters. The first-order chi connectivity index (χ1) is 11.2. The number of carbonyl (C=O) groups is 1. The van der Waals surface area contributed by atoms with E-state index in [1.165, 1.54) is 11.3 Å². The third-order valence-electron chi connectivity index (χ3n) is 3.64. The Kier molecular flexibility index (Phi) is 3.48. The van der Waals surface area contributed by atoms with E-state index in [0.29, 0.717) is 9.90 Å². The largest absolute Gasteiger partial charge is 0.321 e. The van der Waals surface area contributed by atoms with Crippen LogP contribution >= 0.6 is 22.9 Å². The van der Waals surface area contributed by atoms with E-state index in [0.717, 1.165) is 26.7 Å². The minimum atomic E-state index is -0.201. The molecule has 5 heteroatoms. The van der Waals surface area contributed by atoms with Crippen molar-refractivity contribution in [1.29, 1.82) is 0 Å². The van der Waals surface area contributed by atoms with Crippen molar-refractivity contribution in [2.75, 3.05) is 5.32 Å². The van der Waals surface area contributed by atoms with E-state index in [9.17, 15) is 4.79 Å². The smallest absolute Gasteiger partial charge is 0.267 e. The molecule has 2 aromatic carbocycles. The highest BCUT2D eigenvalue weighted by atomic mass is 35.5. The summed E-state index contributed by atoms with van der Waals surface area (Å²) in [6, 6.07) is 17.2. The lowest BCUT2D eigenvalue weighted by molar-refractivity contribution is 0.103. The van der Waals surface area contributed by atoms with E-state index < -0.39 is 0 Å². The van der Waals surface area contributed by atoms with Crippen molar-refractivity contribution in [1.82, 2.24) is 4.98 Å². The highest BCUT2D eigenvalue weighted by Crippen LogP contribution is 2.35. The minimum absolute atomic E-state index is 0.201. The second kappa shape index (κ2) is 5.65. The van der Waals surface area contributed by atoms with Crippen LogP contribution in [-0.4, -0.2) is 10.9 Å². The fourth-order valence-corrected chi connectivity index (χ4v) is 3.96. The summed E-state index contributed by atoms with van der Waals surface area (Å²) in [6.07, 6.45) is 1.73. The zero-order valence-corrected chi connectivity index (χ0v) is 13.5. The van der Waals surface area contributed by atoms with E-state index >= 15 is 0 Å². The molecule has 0 radical (unpaired) electrons. The second-order valence-corrected chi connectivity index (χ2v) is 6.50. The number of halogens is 1. The number of hydrogen-bond donors (Lipinski definition) is 1.